The van der Waals surface area contributed by atoms with Crippen molar-refractivity contribution in [1.29, 1.82) is 0 Å². The van der Waals surface area contributed by atoms with Crippen molar-refractivity contribution in [2.75, 3.05) is 6.61 Å². The Balaban J connectivity index is 2.73. The fraction of sp³-hybridized carbons (Fsp3) is 0.400. The van der Waals surface area contributed by atoms with Gasteiger partial charge in [0.25, 0.3) is 5.56 Å². The van der Waals surface area contributed by atoms with Crippen molar-refractivity contribution in [3.8, 4) is 0 Å². The fourth-order valence-electron chi connectivity index (χ4n) is 0.612. The van der Waals surface area contributed by atoms with Crippen molar-refractivity contribution in [3.63, 3.8) is 0 Å². The number of aromatic nitrogens is 2. The maximum absolute atomic E-state index is 10.4. The van der Waals surface area contributed by atoms with E-state index in [-0.39, 0.29) is 12.2 Å². The number of aliphatic hydroxyl groups excluding tert-OH is 1. The first-order valence-corrected chi connectivity index (χ1v) is 2.69. The molecule has 0 spiro atoms. The van der Waals surface area contributed by atoms with Gasteiger partial charge in [-0.2, -0.15) is 0 Å². The highest BCUT2D eigenvalue weighted by molar-refractivity contribution is 4.79. The second-order valence-electron chi connectivity index (χ2n) is 1.71. The molecule has 1 heterocycles. The lowest BCUT2D eigenvalue weighted by Crippen LogP contribution is -2.07. The summed E-state index contributed by atoms with van der Waals surface area (Å²) in [6, 6.07) is 1.41. The van der Waals surface area contributed by atoms with Gasteiger partial charge in [0.05, 0.1) is 13.2 Å². The number of nitrogens with one attached hydrogen (secondary N) is 1. The normalized spacial score (nSPS) is 9.89. The predicted molar refractivity (Wildman–Crippen MR) is 32.1 cm³/mol. The van der Waals surface area contributed by atoms with Crippen molar-refractivity contribution in [3.05, 3.63) is 22.6 Å². The molecule has 0 saturated carbocycles. The summed E-state index contributed by atoms with van der Waals surface area (Å²) in [4.78, 5) is 10.4. The Morgan fingerprint density at radius 1 is 1.78 bits per heavy atom. The summed E-state index contributed by atoms with van der Waals surface area (Å²) >= 11 is 0. The summed E-state index contributed by atoms with van der Waals surface area (Å²) in [7, 11) is 0. The van der Waals surface area contributed by atoms with Crippen LogP contribution < -0.4 is 5.56 Å². The highest BCUT2D eigenvalue weighted by atomic mass is 16.3. The zero-order chi connectivity index (χ0) is 6.69. The van der Waals surface area contributed by atoms with E-state index in [9.17, 15) is 4.79 Å². The fourth-order valence-corrected chi connectivity index (χ4v) is 0.612. The standard InChI is InChI=1S/C5H8N2O2/c8-4-3-7-2-1-5(9)6-7/h1-2,8H,3-4H2,(H,6,9). The molecule has 0 bridgehead atoms. The van der Waals surface area contributed by atoms with Gasteiger partial charge in [-0.3, -0.25) is 14.6 Å². The second-order valence-corrected chi connectivity index (χ2v) is 1.71. The zero-order valence-corrected chi connectivity index (χ0v) is 4.87. The minimum absolute atomic E-state index is 0.0463. The summed E-state index contributed by atoms with van der Waals surface area (Å²) in [6.45, 7) is 0.493. The Hall–Kier alpha value is -1.03. The van der Waals surface area contributed by atoms with Gasteiger partial charge in [0.15, 0.2) is 0 Å². The summed E-state index contributed by atoms with van der Waals surface area (Å²) in [5, 5.41) is 10.9. The van der Waals surface area contributed by atoms with Crippen LogP contribution in [0.25, 0.3) is 0 Å². The smallest absolute Gasteiger partial charge is 0.264 e. The third-order valence-corrected chi connectivity index (χ3v) is 1.00. The average molecular weight is 128 g/mol. The molecule has 0 aliphatic rings. The van der Waals surface area contributed by atoms with Crippen molar-refractivity contribution in [2.24, 2.45) is 0 Å². The minimum atomic E-state index is -0.136. The molecule has 4 heteroatoms. The molecule has 0 aliphatic carbocycles. The van der Waals surface area contributed by atoms with Crippen LogP contribution in [0.3, 0.4) is 0 Å². The molecule has 0 aromatic carbocycles. The third kappa shape index (κ3) is 1.43. The Morgan fingerprint density at radius 3 is 3.00 bits per heavy atom. The van der Waals surface area contributed by atoms with E-state index in [2.05, 4.69) is 5.10 Å². The largest absolute Gasteiger partial charge is 0.394 e. The van der Waals surface area contributed by atoms with Crippen LogP contribution in [0.5, 0.6) is 0 Å². The molecule has 0 aliphatic heterocycles. The molecule has 2 N–H and O–H groups in total. The molecular weight excluding hydrogens is 120 g/mol. The van der Waals surface area contributed by atoms with E-state index in [4.69, 9.17) is 5.11 Å². The highest BCUT2D eigenvalue weighted by Gasteiger charge is 1.87. The van der Waals surface area contributed by atoms with Gasteiger partial charge in [0.1, 0.15) is 0 Å². The number of hydrogen-bond donors (Lipinski definition) is 2. The second kappa shape index (κ2) is 2.50. The molecule has 1 aromatic heterocycles. The lowest BCUT2D eigenvalue weighted by Gasteiger charge is -1.94. The van der Waals surface area contributed by atoms with Crippen molar-refractivity contribution in [2.45, 2.75) is 6.54 Å². The summed E-state index contributed by atoms with van der Waals surface area (Å²) in [5.41, 5.74) is -0.136. The number of aliphatic hydroxyl groups is 1. The first-order valence-electron chi connectivity index (χ1n) is 2.69. The van der Waals surface area contributed by atoms with Gasteiger partial charge in [-0.15, -0.1) is 0 Å². The van der Waals surface area contributed by atoms with Crippen molar-refractivity contribution >= 4 is 0 Å². The molecule has 4 nitrogen and oxygen atoms in total. The molecule has 1 rings (SSSR count). The van der Waals surface area contributed by atoms with E-state index < -0.39 is 0 Å². The van der Waals surface area contributed by atoms with E-state index in [1.807, 2.05) is 0 Å². The van der Waals surface area contributed by atoms with Crippen LogP contribution in [0.4, 0.5) is 0 Å². The number of hydrogen-bond acceptors (Lipinski definition) is 2. The number of nitrogens with zero attached hydrogens (tertiary/aromatic N) is 1. The maximum atomic E-state index is 10.4. The summed E-state index contributed by atoms with van der Waals surface area (Å²) < 4.78 is 1.53. The van der Waals surface area contributed by atoms with Gasteiger partial charge in [0.2, 0.25) is 0 Å². The molecule has 9 heavy (non-hydrogen) atoms. The molecule has 0 radical (unpaired) electrons. The highest BCUT2D eigenvalue weighted by Crippen LogP contribution is 1.75. The Morgan fingerprint density at radius 2 is 2.56 bits per heavy atom. The quantitative estimate of drug-likeness (QED) is 0.546. The molecule has 0 unspecified atom stereocenters. The van der Waals surface area contributed by atoms with Gasteiger partial charge in [-0.1, -0.05) is 0 Å². The zero-order valence-electron chi connectivity index (χ0n) is 4.87. The first kappa shape index (κ1) is 6.10. The van der Waals surface area contributed by atoms with Crippen LogP contribution in [-0.2, 0) is 6.54 Å². The topological polar surface area (TPSA) is 58.0 Å². The first-order chi connectivity index (χ1) is 4.33. The Labute approximate surface area is 51.7 Å². The van der Waals surface area contributed by atoms with Crippen LogP contribution in [0, 0.1) is 0 Å². The summed E-state index contributed by atoms with van der Waals surface area (Å²) in [6.07, 6.45) is 1.60. The van der Waals surface area contributed by atoms with E-state index >= 15 is 0 Å². The minimum Gasteiger partial charge on any atom is -0.394 e. The van der Waals surface area contributed by atoms with E-state index in [1.54, 1.807) is 6.20 Å². The number of rotatable bonds is 2. The molecule has 0 fully saturated rings. The molecular formula is C5H8N2O2. The SMILES string of the molecule is O=c1ccn(CCO)[nH]1. The summed E-state index contributed by atoms with van der Waals surface area (Å²) in [5.74, 6) is 0. The molecule has 0 atom stereocenters. The lowest BCUT2D eigenvalue weighted by atomic mass is 10.7. The van der Waals surface area contributed by atoms with E-state index in [0.29, 0.717) is 6.54 Å². The van der Waals surface area contributed by atoms with Gasteiger partial charge >= 0.3 is 0 Å². The molecule has 0 saturated heterocycles. The number of H-pyrrole nitrogens is 1. The Kier molecular flexibility index (Phi) is 1.69. The van der Waals surface area contributed by atoms with Gasteiger partial charge in [-0.25, -0.2) is 0 Å². The van der Waals surface area contributed by atoms with Crippen LogP contribution in [0.1, 0.15) is 0 Å². The van der Waals surface area contributed by atoms with Gasteiger partial charge < -0.3 is 5.11 Å². The van der Waals surface area contributed by atoms with E-state index in [1.165, 1.54) is 10.7 Å². The van der Waals surface area contributed by atoms with Crippen molar-refractivity contribution < 1.29 is 5.11 Å². The Bertz CT molecular complexity index is 225. The number of aromatic amines is 1. The molecule has 0 amide bonds. The average Bonchev–Trinajstić information content (AvgIpc) is 2.17. The van der Waals surface area contributed by atoms with Gasteiger partial charge in [0, 0.05) is 12.3 Å². The van der Waals surface area contributed by atoms with Crippen LogP contribution in [-0.4, -0.2) is 21.5 Å². The van der Waals surface area contributed by atoms with Crippen LogP contribution in [0.15, 0.2) is 17.1 Å². The third-order valence-electron chi connectivity index (χ3n) is 1.00. The monoisotopic (exact) mass is 128 g/mol. The van der Waals surface area contributed by atoms with Crippen LogP contribution in [0.2, 0.25) is 0 Å². The maximum Gasteiger partial charge on any atom is 0.264 e. The van der Waals surface area contributed by atoms with Gasteiger partial charge in [-0.05, 0) is 0 Å². The van der Waals surface area contributed by atoms with E-state index in [0.717, 1.165) is 0 Å². The van der Waals surface area contributed by atoms with Crippen molar-refractivity contribution in [1.82, 2.24) is 9.78 Å². The molecule has 1 aromatic rings. The predicted octanol–water partition coefficient (Wildman–Crippen LogP) is -0.831. The van der Waals surface area contributed by atoms with Crippen LogP contribution >= 0.6 is 0 Å². The molecule has 50 valence electrons. The lowest BCUT2D eigenvalue weighted by molar-refractivity contribution is 0.269.